The second-order valence-corrected chi connectivity index (χ2v) is 10.8. The molecule has 31 heavy (non-hydrogen) atoms. The molecule has 0 N–H and O–H groups in total. The van der Waals surface area contributed by atoms with Crippen molar-refractivity contribution < 1.29 is 17.9 Å². The fourth-order valence-electron chi connectivity index (χ4n) is 3.69. The molecule has 164 valence electrons. The molecule has 0 radical (unpaired) electrons. The Bertz CT molecular complexity index is 1150. The van der Waals surface area contributed by atoms with Crippen LogP contribution in [0.1, 0.15) is 12.8 Å². The molecule has 3 aromatic rings. The molecule has 1 saturated heterocycles. The van der Waals surface area contributed by atoms with Crippen LogP contribution in [0.3, 0.4) is 0 Å². The van der Waals surface area contributed by atoms with E-state index in [1.54, 1.807) is 43.8 Å². The van der Waals surface area contributed by atoms with Crippen LogP contribution in [0.5, 0.6) is 11.5 Å². The van der Waals surface area contributed by atoms with Gasteiger partial charge in [0.2, 0.25) is 0 Å². The lowest BCUT2D eigenvalue weighted by Gasteiger charge is -2.31. The molecule has 6 nitrogen and oxygen atoms in total. The van der Waals surface area contributed by atoms with Crippen molar-refractivity contribution in [3.8, 4) is 22.8 Å². The minimum absolute atomic E-state index is 0.293. The van der Waals surface area contributed by atoms with Crippen LogP contribution in [0.25, 0.3) is 11.3 Å². The van der Waals surface area contributed by atoms with Gasteiger partial charge in [-0.2, -0.15) is 0 Å². The third kappa shape index (κ3) is 4.66. The molecule has 0 spiro atoms. The van der Waals surface area contributed by atoms with Crippen LogP contribution in [0.15, 0.2) is 52.7 Å². The van der Waals surface area contributed by atoms with E-state index < -0.39 is 15.1 Å². The largest absolute Gasteiger partial charge is 0.497 e. The first kappa shape index (κ1) is 21.9. The molecule has 1 fully saturated rings. The van der Waals surface area contributed by atoms with E-state index in [1.165, 1.54) is 6.07 Å². The predicted molar refractivity (Wildman–Crippen MR) is 125 cm³/mol. The van der Waals surface area contributed by atoms with Crippen LogP contribution in [0.4, 0.5) is 5.13 Å². The number of anilines is 1. The Morgan fingerprint density at radius 2 is 1.74 bits per heavy atom. The average Bonchev–Trinajstić information content (AvgIpc) is 3.29. The summed E-state index contributed by atoms with van der Waals surface area (Å²) in [6.07, 6.45) is 1.10. The van der Waals surface area contributed by atoms with Crippen LogP contribution < -0.4 is 14.4 Å². The monoisotopic (exact) mass is 478 g/mol. The molecule has 2 aromatic carbocycles. The smallest absolute Gasteiger partial charge is 0.185 e. The Morgan fingerprint density at radius 3 is 2.35 bits per heavy atom. The number of rotatable bonds is 6. The lowest BCUT2D eigenvalue weighted by Crippen LogP contribution is -2.39. The van der Waals surface area contributed by atoms with Gasteiger partial charge < -0.3 is 14.4 Å². The highest BCUT2D eigenvalue weighted by Gasteiger charge is 2.32. The van der Waals surface area contributed by atoms with E-state index in [0.717, 1.165) is 16.4 Å². The SMILES string of the molecule is COc1cc(OC)cc(-c2csc(N3CCC(S(=O)(=O)c4cccc(Cl)c4)CC3)n2)c1. The number of benzene rings is 2. The van der Waals surface area contributed by atoms with E-state index in [0.29, 0.717) is 47.3 Å². The molecule has 0 bridgehead atoms. The first-order valence-corrected chi connectivity index (χ1v) is 12.6. The number of ether oxygens (including phenoxy) is 2. The number of aromatic nitrogens is 1. The molecule has 1 aliphatic heterocycles. The minimum Gasteiger partial charge on any atom is -0.497 e. The molecule has 0 amide bonds. The number of piperidine rings is 1. The zero-order valence-corrected chi connectivity index (χ0v) is 19.6. The van der Waals surface area contributed by atoms with Gasteiger partial charge in [0.25, 0.3) is 0 Å². The number of sulfone groups is 1. The molecule has 0 aliphatic carbocycles. The third-order valence-corrected chi connectivity index (χ3v) is 8.81. The van der Waals surface area contributed by atoms with Crippen molar-refractivity contribution in [2.24, 2.45) is 0 Å². The van der Waals surface area contributed by atoms with E-state index in [1.807, 2.05) is 23.6 Å². The number of nitrogens with zero attached hydrogens (tertiary/aromatic N) is 2. The summed E-state index contributed by atoms with van der Waals surface area (Å²) >= 11 is 7.54. The lowest BCUT2D eigenvalue weighted by molar-refractivity contribution is 0.394. The van der Waals surface area contributed by atoms with Crippen molar-refractivity contribution in [1.82, 2.24) is 4.98 Å². The summed E-state index contributed by atoms with van der Waals surface area (Å²) in [6.45, 7) is 1.28. The summed E-state index contributed by atoms with van der Waals surface area (Å²) < 4.78 is 36.7. The summed E-state index contributed by atoms with van der Waals surface area (Å²) in [6, 6.07) is 12.2. The Hall–Kier alpha value is -2.29. The van der Waals surface area contributed by atoms with Crippen molar-refractivity contribution >= 4 is 37.9 Å². The quantitative estimate of drug-likeness (QED) is 0.500. The van der Waals surface area contributed by atoms with Crippen LogP contribution >= 0.6 is 22.9 Å². The fourth-order valence-corrected chi connectivity index (χ4v) is 6.61. The number of hydrogen-bond donors (Lipinski definition) is 0. The maximum atomic E-state index is 13.0. The molecule has 1 aliphatic rings. The van der Waals surface area contributed by atoms with Crippen LogP contribution in [-0.4, -0.2) is 46.0 Å². The molecule has 2 heterocycles. The van der Waals surface area contributed by atoms with Gasteiger partial charge in [-0.1, -0.05) is 17.7 Å². The van der Waals surface area contributed by atoms with Gasteiger partial charge in [-0.05, 0) is 43.2 Å². The summed E-state index contributed by atoms with van der Waals surface area (Å²) in [5.41, 5.74) is 1.75. The summed E-state index contributed by atoms with van der Waals surface area (Å²) in [5, 5.41) is 2.90. The van der Waals surface area contributed by atoms with Gasteiger partial charge in [-0.25, -0.2) is 13.4 Å². The van der Waals surface area contributed by atoms with E-state index >= 15 is 0 Å². The zero-order chi connectivity index (χ0) is 22.0. The maximum absolute atomic E-state index is 13.0. The van der Waals surface area contributed by atoms with Gasteiger partial charge in [0.15, 0.2) is 15.0 Å². The van der Waals surface area contributed by atoms with Gasteiger partial charge >= 0.3 is 0 Å². The number of hydrogen-bond acceptors (Lipinski definition) is 7. The Balaban J connectivity index is 1.48. The number of halogens is 1. The molecular weight excluding hydrogens is 456 g/mol. The zero-order valence-electron chi connectivity index (χ0n) is 17.2. The van der Waals surface area contributed by atoms with Crippen molar-refractivity contribution in [2.45, 2.75) is 23.0 Å². The predicted octanol–water partition coefficient (Wildman–Crippen LogP) is 4.92. The Morgan fingerprint density at radius 1 is 1.06 bits per heavy atom. The topological polar surface area (TPSA) is 68.7 Å². The highest BCUT2D eigenvalue weighted by molar-refractivity contribution is 7.92. The van der Waals surface area contributed by atoms with Gasteiger partial charge in [0, 0.05) is 35.1 Å². The van der Waals surface area contributed by atoms with E-state index in [-0.39, 0.29) is 0 Å². The van der Waals surface area contributed by atoms with E-state index in [9.17, 15) is 8.42 Å². The van der Waals surface area contributed by atoms with E-state index in [4.69, 9.17) is 26.1 Å². The Labute approximate surface area is 191 Å². The van der Waals surface area contributed by atoms with E-state index in [2.05, 4.69) is 4.90 Å². The maximum Gasteiger partial charge on any atom is 0.185 e. The molecule has 1 aromatic heterocycles. The minimum atomic E-state index is -3.40. The number of thiazole rings is 1. The second-order valence-electron chi connectivity index (χ2n) is 7.31. The average molecular weight is 479 g/mol. The molecule has 0 unspecified atom stereocenters. The Kier molecular flexibility index (Phi) is 6.41. The van der Waals surface area contributed by atoms with Crippen LogP contribution in [0.2, 0.25) is 5.02 Å². The fraction of sp³-hybridized carbons (Fsp3) is 0.318. The molecule has 0 saturated carbocycles. The highest BCUT2D eigenvalue weighted by atomic mass is 35.5. The van der Waals surface area contributed by atoms with Crippen LogP contribution in [-0.2, 0) is 9.84 Å². The van der Waals surface area contributed by atoms with Gasteiger partial charge in [-0.3, -0.25) is 0 Å². The number of methoxy groups -OCH3 is 2. The first-order chi connectivity index (χ1) is 14.9. The normalized spacial score (nSPS) is 15.1. The van der Waals surface area contributed by atoms with Gasteiger partial charge in [-0.15, -0.1) is 11.3 Å². The molecule has 9 heteroatoms. The van der Waals surface area contributed by atoms with Gasteiger partial charge in [0.1, 0.15) is 11.5 Å². The summed E-state index contributed by atoms with van der Waals surface area (Å²) in [7, 11) is -0.164. The molecule has 0 atom stereocenters. The van der Waals surface area contributed by atoms with Crippen molar-refractivity contribution in [3.05, 3.63) is 52.9 Å². The van der Waals surface area contributed by atoms with Crippen molar-refractivity contribution in [2.75, 3.05) is 32.2 Å². The van der Waals surface area contributed by atoms with Crippen LogP contribution in [0, 0.1) is 0 Å². The van der Waals surface area contributed by atoms with Gasteiger partial charge in [0.05, 0.1) is 30.1 Å². The van der Waals surface area contributed by atoms with Crippen molar-refractivity contribution in [3.63, 3.8) is 0 Å². The standard InChI is InChI=1S/C22H23ClN2O4S2/c1-28-17-10-15(11-18(13-17)29-2)21-14-30-22(24-21)25-8-6-19(7-9-25)31(26,27)20-5-3-4-16(23)12-20/h3-5,10-14,19H,6-9H2,1-2H3. The molecule has 4 rings (SSSR count). The lowest BCUT2D eigenvalue weighted by atomic mass is 10.1. The third-order valence-electron chi connectivity index (χ3n) is 5.42. The summed E-state index contributed by atoms with van der Waals surface area (Å²) in [4.78, 5) is 7.22. The molecular formula is C22H23ClN2O4S2. The first-order valence-electron chi connectivity index (χ1n) is 9.84. The van der Waals surface area contributed by atoms with Crippen molar-refractivity contribution in [1.29, 1.82) is 0 Å². The second kappa shape index (κ2) is 9.06. The summed E-state index contributed by atoms with van der Waals surface area (Å²) in [5.74, 6) is 1.41. The highest BCUT2D eigenvalue weighted by Crippen LogP contribution is 2.34.